The van der Waals surface area contributed by atoms with Crippen molar-refractivity contribution in [3.8, 4) is 0 Å². The molecule has 18 heavy (non-hydrogen) atoms. The summed E-state index contributed by atoms with van der Waals surface area (Å²) >= 11 is 1.63. The van der Waals surface area contributed by atoms with Gasteiger partial charge in [-0.15, -0.1) is 11.8 Å². The van der Waals surface area contributed by atoms with Gasteiger partial charge < -0.3 is 15.4 Å². The van der Waals surface area contributed by atoms with Gasteiger partial charge in [-0.2, -0.15) is 4.98 Å². The summed E-state index contributed by atoms with van der Waals surface area (Å²) in [5.74, 6) is 1.47. The van der Waals surface area contributed by atoms with E-state index in [4.69, 9.17) is 15.4 Å². The molecule has 0 fully saturated rings. The minimum absolute atomic E-state index is 0.202. The van der Waals surface area contributed by atoms with Gasteiger partial charge in [0.1, 0.15) is 6.04 Å². The van der Waals surface area contributed by atoms with Gasteiger partial charge in [-0.05, 0) is 19.1 Å². The molecule has 2 rings (SSSR count). The Morgan fingerprint density at radius 2 is 2.11 bits per heavy atom. The number of nitrogens with two attached hydrogens (primary N) is 1. The van der Waals surface area contributed by atoms with E-state index >= 15 is 0 Å². The van der Waals surface area contributed by atoms with Crippen LogP contribution >= 0.6 is 11.8 Å². The molecular formula is C12H15N3O2S. The Bertz CT molecular complexity index is 498. The van der Waals surface area contributed by atoms with Crippen molar-refractivity contribution in [2.75, 3.05) is 6.61 Å². The molecular weight excluding hydrogens is 250 g/mol. The Morgan fingerprint density at radius 1 is 1.39 bits per heavy atom. The maximum absolute atomic E-state index is 8.87. The number of aliphatic hydroxyl groups excluding tert-OH is 1. The molecule has 0 saturated heterocycles. The number of rotatable bonds is 5. The molecule has 1 heterocycles. The summed E-state index contributed by atoms with van der Waals surface area (Å²) in [5.41, 5.74) is 6.81. The molecule has 6 heteroatoms. The van der Waals surface area contributed by atoms with Gasteiger partial charge in [0, 0.05) is 4.90 Å². The number of aliphatic hydroxyl groups is 1. The van der Waals surface area contributed by atoms with Crippen molar-refractivity contribution in [2.45, 2.75) is 23.6 Å². The summed E-state index contributed by atoms with van der Waals surface area (Å²) in [5, 5.41) is 12.7. The fourth-order valence-corrected chi connectivity index (χ4v) is 2.08. The largest absolute Gasteiger partial charge is 0.394 e. The third-order valence-electron chi connectivity index (χ3n) is 2.39. The molecule has 0 radical (unpaired) electrons. The first-order chi connectivity index (χ1) is 8.69. The third kappa shape index (κ3) is 3.32. The molecule has 0 spiro atoms. The lowest BCUT2D eigenvalue weighted by molar-refractivity contribution is 0.236. The highest BCUT2D eigenvalue weighted by Crippen LogP contribution is 2.22. The standard InChI is InChI=1S/C12H15N3O2S/c1-8-2-4-9(5-3-8)18-7-11-14-12(17-15-11)10(13)6-16/h2-5,10,16H,6-7,13H2,1H3. The minimum Gasteiger partial charge on any atom is -0.394 e. The quantitative estimate of drug-likeness (QED) is 0.800. The molecule has 5 nitrogen and oxygen atoms in total. The van der Waals surface area contributed by atoms with Crippen molar-refractivity contribution in [1.29, 1.82) is 0 Å². The van der Waals surface area contributed by atoms with E-state index in [0.29, 0.717) is 11.6 Å². The van der Waals surface area contributed by atoms with Crippen LogP contribution in [0, 0.1) is 6.92 Å². The van der Waals surface area contributed by atoms with Gasteiger partial charge in [0.25, 0.3) is 0 Å². The smallest absolute Gasteiger partial charge is 0.245 e. The second kappa shape index (κ2) is 5.99. The van der Waals surface area contributed by atoms with E-state index in [1.807, 2.05) is 0 Å². The van der Waals surface area contributed by atoms with E-state index in [9.17, 15) is 0 Å². The van der Waals surface area contributed by atoms with E-state index in [1.54, 1.807) is 11.8 Å². The maximum Gasteiger partial charge on any atom is 0.245 e. The Labute approximate surface area is 109 Å². The number of hydrogen-bond donors (Lipinski definition) is 2. The average molecular weight is 265 g/mol. The second-order valence-corrected chi connectivity index (χ2v) is 4.99. The number of aryl methyl sites for hydroxylation is 1. The third-order valence-corrected chi connectivity index (χ3v) is 3.39. The molecule has 0 aliphatic rings. The van der Waals surface area contributed by atoms with Gasteiger partial charge >= 0.3 is 0 Å². The summed E-state index contributed by atoms with van der Waals surface area (Å²) in [6.45, 7) is 1.85. The van der Waals surface area contributed by atoms with E-state index in [0.717, 1.165) is 4.90 Å². The number of aromatic nitrogens is 2. The average Bonchev–Trinajstić information content (AvgIpc) is 2.86. The van der Waals surface area contributed by atoms with E-state index in [-0.39, 0.29) is 12.5 Å². The predicted octanol–water partition coefficient (Wildman–Crippen LogP) is 1.66. The van der Waals surface area contributed by atoms with E-state index in [1.165, 1.54) is 5.56 Å². The van der Waals surface area contributed by atoms with Crippen LogP contribution in [0.25, 0.3) is 0 Å². The van der Waals surface area contributed by atoms with Crippen LogP contribution in [0.5, 0.6) is 0 Å². The maximum atomic E-state index is 8.87. The molecule has 96 valence electrons. The lowest BCUT2D eigenvalue weighted by Crippen LogP contribution is -2.14. The molecule has 1 unspecified atom stereocenters. The molecule has 3 N–H and O–H groups in total. The highest BCUT2D eigenvalue weighted by atomic mass is 32.2. The second-order valence-electron chi connectivity index (χ2n) is 3.94. The van der Waals surface area contributed by atoms with Gasteiger partial charge in [-0.3, -0.25) is 0 Å². The number of thioether (sulfide) groups is 1. The Hall–Kier alpha value is -1.37. The summed E-state index contributed by atoms with van der Waals surface area (Å²) in [7, 11) is 0. The zero-order valence-electron chi connectivity index (χ0n) is 10.0. The topological polar surface area (TPSA) is 85.2 Å². The van der Waals surface area contributed by atoms with Crippen LogP contribution in [0.15, 0.2) is 33.7 Å². The van der Waals surface area contributed by atoms with E-state index < -0.39 is 6.04 Å². The van der Waals surface area contributed by atoms with Crippen LogP contribution < -0.4 is 5.73 Å². The van der Waals surface area contributed by atoms with Gasteiger partial charge in [0.2, 0.25) is 5.89 Å². The molecule has 1 atom stereocenters. The van der Waals surface area contributed by atoms with Gasteiger partial charge in [-0.1, -0.05) is 22.9 Å². The van der Waals surface area contributed by atoms with Crippen LogP contribution in [0.4, 0.5) is 0 Å². The first-order valence-electron chi connectivity index (χ1n) is 5.57. The van der Waals surface area contributed by atoms with Crippen molar-refractivity contribution < 1.29 is 9.63 Å². The SMILES string of the molecule is Cc1ccc(SCc2noc(C(N)CO)n2)cc1. The minimum atomic E-state index is -0.601. The Morgan fingerprint density at radius 3 is 2.78 bits per heavy atom. The highest BCUT2D eigenvalue weighted by molar-refractivity contribution is 7.98. The van der Waals surface area contributed by atoms with Crippen LogP contribution in [-0.2, 0) is 5.75 Å². The monoisotopic (exact) mass is 265 g/mol. The highest BCUT2D eigenvalue weighted by Gasteiger charge is 2.13. The zero-order valence-corrected chi connectivity index (χ0v) is 10.9. The van der Waals surface area contributed by atoms with Crippen LogP contribution in [0.2, 0.25) is 0 Å². The van der Waals surface area contributed by atoms with Crippen molar-refractivity contribution in [1.82, 2.24) is 10.1 Å². The fourth-order valence-electron chi connectivity index (χ4n) is 1.34. The van der Waals surface area contributed by atoms with Crippen molar-refractivity contribution in [3.63, 3.8) is 0 Å². The van der Waals surface area contributed by atoms with Crippen molar-refractivity contribution in [3.05, 3.63) is 41.5 Å². The van der Waals surface area contributed by atoms with Gasteiger partial charge in [-0.25, -0.2) is 0 Å². The molecule has 0 bridgehead atoms. The summed E-state index contributed by atoms with van der Waals surface area (Å²) in [6.07, 6.45) is 0. The molecule has 0 saturated carbocycles. The van der Waals surface area contributed by atoms with E-state index in [2.05, 4.69) is 41.3 Å². The Balaban J connectivity index is 1.94. The van der Waals surface area contributed by atoms with Gasteiger partial charge in [0.15, 0.2) is 5.82 Å². The molecule has 2 aromatic rings. The molecule has 1 aromatic carbocycles. The number of nitrogens with zero attached hydrogens (tertiary/aromatic N) is 2. The fraction of sp³-hybridized carbons (Fsp3) is 0.333. The zero-order chi connectivity index (χ0) is 13.0. The van der Waals surface area contributed by atoms with Gasteiger partial charge in [0.05, 0.1) is 12.4 Å². The summed E-state index contributed by atoms with van der Waals surface area (Å²) < 4.78 is 4.97. The summed E-state index contributed by atoms with van der Waals surface area (Å²) in [4.78, 5) is 5.28. The lowest BCUT2D eigenvalue weighted by atomic mass is 10.2. The Kier molecular flexibility index (Phi) is 4.35. The first kappa shape index (κ1) is 13.1. The molecule has 0 aliphatic heterocycles. The van der Waals surface area contributed by atoms with Crippen LogP contribution in [-0.4, -0.2) is 21.9 Å². The van der Waals surface area contributed by atoms with Crippen molar-refractivity contribution in [2.24, 2.45) is 5.73 Å². The summed E-state index contributed by atoms with van der Waals surface area (Å²) in [6, 6.07) is 7.63. The normalized spacial score (nSPS) is 12.6. The van der Waals surface area contributed by atoms with Crippen molar-refractivity contribution >= 4 is 11.8 Å². The van der Waals surface area contributed by atoms with Crippen LogP contribution in [0.3, 0.4) is 0 Å². The molecule has 1 aromatic heterocycles. The van der Waals surface area contributed by atoms with Crippen LogP contribution in [0.1, 0.15) is 23.3 Å². The molecule has 0 amide bonds. The lowest BCUT2D eigenvalue weighted by Gasteiger charge is -1.99. The number of benzene rings is 1. The number of hydrogen-bond acceptors (Lipinski definition) is 6. The molecule has 0 aliphatic carbocycles. The first-order valence-corrected chi connectivity index (χ1v) is 6.56. The predicted molar refractivity (Wildman–Crippen MR) is 69.1 cm³/mol.